The zero-order chi connectivity index (χ0) is 16.8. The summed E-state index contributed by atoms with van der Waals surface area (Å²) < 4.78 is 23.0. The van der Waals surface area contributed by atoms with E-state index >= 15 is 0 Å². The summed E-state index contributed by atoms with van der Waals surface area (Å²) in [6, 6.07) is 10.2. The fourth-order valence-electron chi connectivity index (χ4n) is 1.79. The highest BCUT2D eigenvalue weighted by atomic mass is 35.5. The molecule has 0 atom stereocenters. The maximum absolute atomic E-state index is 13.0. The van der Waals surface area contributed by atoms with E-state index in [1.165, 1.54) is 25.3 Å². The van der Waals surface area contributed by atoms with Crippen molar-refractivity contribution >= 4 is 29.2 Å². The molecule has 0 aliphatic rings. The molecule has 0 aromatic heterocycles. The molecule has 0 unspecified atom stereocenters. The molecular formula is C16H13ClFNO4. The number of hydrogen-bond donors (Lipinski definition) is 1. The van der Waals surface area contributed by atoms with Crippen LogP contribution in [0, 0.1) is 5.82 Å². The van der Waals surface area contributed by atoms with E-state index in [2.05, 4.69) is 5.32 Å². The van der Waals surface area contributed by atoms with Crippen molar-refractivity contribution in [2.24, 2.45) is 0 Å². The average molecular weight is 338 g/mol. The number of hydrogen-bond acceptors (Lipinski definition) is 4. The van der Waals surface area contributed by atoms with Gasteiger partial charge in [-0.2, -0.15) is 0 Å². The molecule has 0 heterocycles. The number of benzene rings is 2. The Hall–Kier alpha value is -2.60. The van der Waals surface area contributed by atoms with Gasteiger partial charge < -0.3 is 14.8 Å². The number of carbonyl (C=O) groups excluding carboxylic acids is 2. The van der Waals surface area contributed by atoms with E-state index in [0.717, 1.165) is 6.07 Å². The van der Waals surface area contributed by atoms with Crippen molar-refractivity contribution < 1.29 is 23.5 Å². The number of amides is 1. The van der Waals surface area contributed by atoms with Crippen LogP contribution in [-0.4, -0.2) is 25.6 Å². The molecule has 0 aliphatic carbocycles. The minimum absolute atomic E-state index is 0.117. The van der Waals surface area contributed by atoms with Gasteiger partial charge in [0, 0.05) is 5.69 Å². The molecule has 0 aliphatic heterocycles. The molecular weight excluding hydrogens is 325 g/mol. The molecule has 5 nitrogen and oxygen atoms in total. The quantitative estimate of drug-likeness (QED) is 0.850. The van der Waals surface area contributed by atoms with Crippen molar-refractivity contribution in [3.05, 3.63) is 58.9 Å². The van der Waals surface area contributed by atoms with Gasteiger partial charge in [-0.05, 0) is 30.3 Å². The summed E-state index contributed by atoms with van der Waals surface area (Å²) in [5, 5.41) is 2.33. The topological polar surface area (TPSA) is 64.6 Å². The normalized spacial score (nSPS) is 10.0. The number of methoxy groups -OCH3 is 1. The molecule has 0 saturated carbocycles. The number of carbonyl (C=O) groups is 2. The number of para-hydroxylation sites is 1. The lowest BCUT2D eigenvalue weighted by Crippen LogP contribution is -2.21. The summed E-state index contributed by atoms with van der Waals surface area (Å²) in [6.07, 6.45) is 0. The van der Waals surface area contributed by atoms with Crippen molar-refractivity contribution in [2.45, 2.75) is 0 Å². The van der Waals surface area contributed by atoms with Gasteiger partial charge in [0.25, 0.3) is 5.91 Å². The van der Waals surface area contributed by atoms with Gasteiger partial charge in [-0.15, -0.1) is 0 Å². The first-order chi connectivity index (χ1) is 11.0. The molecule has 2 rings (SSSR count). The van der Waals surface area contributed by atoms with Crippen LogP contribution in [0.2, 0.25) is 5.02 Å². The van der Waals surface area contributed by atoms with Crippen LogP contribution < -0.4 is 10.1 Å². The third kappa shape index (κ3) is 4.43. The van der Waals surface area contributed by atoms with Gasteiger partial charge in [-0.25, -0.2) is 9.18 Å². The number of esters is 1. The van der Waals surface area contributed by atoms with Crippen LogP contribution >= 0.6 is 11.6 Å². The number of ether oxygens (including phenoxy) is 2. The Kier molecular flexibility index (Phi) is 5.54. The monoisotopic (exact) mass is 337 g/mol. The molecule has 1 N–H and O–H groups in total. The SMILES string of the molecule is COc1ccccc1C(=O)OCC(=O)Nc1ccc(F)c(Cl)c1. The van der Waals surface area contributed by atoms with E-state index in [4.69, 9.17) is 21.1 Å². The highest BCUT2D eigenvalue weighted by Crippen LogP contribution is 2.20. The van der Waals surface area contributed by atoms with E-state index in [1.54, 1.807) is 18.2 Å². The van der Waals surface area contributed by atoms with Crippen LogP contribution in [0.4, 0.5) is 10.1 Å². The van der Waals surface area contributed by atoms with Crippen molar-refractivity contribution in [3.8, 4) is 5.75 Å². The van der Waals surface area contributed by atoms with Crippen molar-refractivity contribution in [3.63, 3.8) is 0 Å². The van der Waals surface area contributed by atoms with E-state index in [0.29, 0.717) is 11.4 Å². The minimum atomic E-state index is -0.685. The molecule has 0 bridgehead atoms. The molecule has 23 heavy (non-hydrogen) atoms. The largest absolute Gasteiger partial charge is 0.496 e. The van der Waals surface area contributed by atoms with Gasteiger partial charge in [-0.1, -0.05) is 23.7 Å². The van der Waals surface area contributed by atoms with Crippen LogP contribution in [0.25, 0.3) is 0 Å². The highest BCUT2D eigenvalue weighted by molar-refractivity contribution is 6.31. The van der Waals surface area contributed by atoms with Crippen molar-refractivity contribution in [2.75, 3.05) is 19.0 Å². The Morgan fingerprint density at radius 2 is 1.96 bits per heavy atom. The Bertz CT molecular complexity index is 736. The fraction of sp³-hybridized carbons (Fsp3) is 0.125. The number of anilines is 1. The summed E-state index contributed by atoms with van der Waals surface area (Å²) in [5.41, 5.74) is 0.516. The fourth-order valence-corrected chi connectivity index (χ4v) is 1.97. The summed E-state index contributed by atoms with van der Waals surface area (Å²) in [6.45, 7) is -0.494. The third-order valence-electron chi connectivity index (χ3n) is 2.86. The van der Waals surface area contributed by atoms with E-state index in [1.807, 2.05) is 0 Å². The molecule has 1 amide bonds. The van der Waals surface area contributed by atoms with Gasteiger partial charge in [-0.3, -0.25) is 4.79 Å². The van der Waals surface area contributed by atoms with E-state index < -0.39 is 24.3 Å². The standard InChI is InChI=1S/C16H13ClFNO4/c1-22-14-5-3-2-4-11(14)16(21)23-9-15(20)19-10-6-7-13(18)12(17)8-10/h2-8H,9H2,1H3,(H,19,20). The highest BCUT2D eigenvalue weighted by Gasteiger charge is 2.15. The second kappa shape index (κ2) is 7.60. The molecule has 0 spiro atoms. The van der Waals surface area contributed by atoms with Crippen LogP contribution in [0.5, 0.6) is 5.75 Å². The molecule has 7 heteroatoms. The van der Waals surface area contributed by atoms with Gasteiger partial charge in [0.15, 0.2) is 6.61 Å². The summed E-state index contributed by atoms with van der Waals surface area (Å²) in [5.74, 6) is -1.50. The number of halogens is 2. The van der Waals surface area contributed by atoms with Gasteiger partial charge in [0.2, 0.25) is 0 Å². The lowest BCUT2D eigenvalue weighted by molar-refractivity contribution is -0.119. The van der Waals surface area contributed by atoms with Gasteiger partial charge in [0.05, 0.1) is 12.1 Å². The molecule has 0 fully saturated rings. The second-order valence-electron chi connectivity index (χ2n) is 4.45. The van der Waals surface area contributed by atoms with Crippen LogP contribution in [0.1, 0.15) is 10.4 Å². The first-order valence-corrected chi connectivity index (χ1v) is 6.94. The van der Waals surface area contributed by atoms with E-state index in [9.17, 15) is 14.0 Å². The smallest absolute Gasteiger partial charge is 0.342 e. The Labute approximate surface area is 137 Å². The van der Waals surface area contributed by atoms with Crippen LogP contribution in [-0.2, 0) is 9.53 Å². The van der Waals surface area contributed by atoms with Gasteiger partial charge >= 0.3 is 5.97 Å². The van der Waals surface area contributed by atoms with Crippen molar-refractivity contribution in [1.29, 1.82) is 0 Å². The molecule has 2 aromatic carbocycles. The molecule has 0 radical (unpaired) electrons. The lowest BCUT2D eigenvalue weighted by atomic mass is 10.2. The average Bonchev–Trinajstić information content (AvgIpc) is 2.56. The van der Waals surface area contributed by atoms with Crippen molar-refractivity contribution in [1.82, 2.24) is 0 Å². The predicted octanol–water partition coefficient (Wildman–Crippen LogP) is 3.28. The number of rotatable bonds is 5. The second-order valence-corrected chi connectivity index (χ2v) is 4.86. The Morgan fingerprint density at radius 3 is 2.65 bits per heavy atom. The summed E-state index contributed by atoms with van der Waals surface area (Å²) in [4.78, 5) is 23.7. The Balaban J connectivity index is 1.93. The van der Waals surface area contributed by atoms with Gasteiger partial charge in [0.1, 0.15) is 17.1 Å². The maximum Gasteiger partial charge on any atom is 0.342 e. The Morgan fingerprint density at radius 1 is 1.22 bits per heavy atom. The molecule has 2 aromatic rings. The zero-order valence-electron chi connectivity index (χ0n) is 12.1. The maximum atomic E-state index is 13.0. The van der Waals surface area contributed by atoms with Crippen LogP contribution in [0.3, 0.4) is 0 Å². The van der Waals surface area contributed by atoms with Crippen LogP contribution in [0.15, 0.2) is 42.5 Å². The third-order valence-corrected chi connectivity index (χ3v) is 3.15. The zero-order valence-corrected chi connectivity index (χ0v) is 12.9. The first-order valence-electron chi connectivity index (χ1n) is 6.56. The van der Waals surface area contributed by atoms with E-state index in [-0.39, 0.29) is 10.6 Å². The minimum Gasteiger partial charge on any atom is -0.496 e. The molecule has 120 valence electrons. The first kappa shape index (κ1) is 16.8. The molecule has 0 saturated heterocycles. The summed E-state index contributed by atoms with van der Waals surface area (Å²) >= 11 is 5.61. The summed E-state index contributed by atoms with van der Waals surface area (Å²) in [7, 11) is 1.43. The lowest BCUT2D eigenvalue weighted by Gasteiger charge is -2.09. The number of nitrogens with one attached hydrogen (secondary N) is 1. The predicted molar refractivity (Wildman–Crippen MR) is 83.3 cm³/mol.